The first-order valence-electron chi connectivity index (χ1n) is 29.2. The summed E-state index contributed by atoms with van der Waals surface area (Å²) in [4.78, 5) is 121. The second-order valence-electron chi connectivity index (χ2n) is 20.5. The van der Waals surface area contributed by atoms with E-state index in [9.17, 15) is 40.8 Å². The zero-order valence-corrected chi connectivity index (χ0v) is 56.6. The summed E-state index contributed by atoms with van der Waals surface area (Å²) >= 11 is 2.27. The van der Waals surface area contributed by atoms with Gasteiger partial charge in [0, 0.05) is 42.7 Å². The summed E-state index contributed by atoms with van der Waals surface area (Å²) in [6.45, 7) is 9.98. The Labute approximate surface area is 575 Å². The van der Waals surface area contributed by atoms with Crippen molar-refractivity contribution in [2.75, 3.05) is 41.7 Å². The summed E-state index contributed by atoms with van der Waals surface area (Å²) in [5, 5.41) is 12.3. The maximum absolute atomic E-state index is 12.7. The van der Waals surface area contributed by atoms with Gasteiger partial charge in [-0.15, -0.1) is 22.7 Å². The molecular formula is C65H56F3N21O8S3. The Morgan fingerprint density at radius 1 is 0.450 bits per heavy atom. The largest absolute Gasteiger partial charge is 0.497 e. The number of aryl methyl sites for hydroxylation is 6. The third-order valence-electron chi connectivity index (χ3n) is 12.9. The Bertz CT molecular complexity index is 5010. The normalized spacial score (nSPS) is 10.8. The van der Waals surface area contributed by atoms with Crippen LogP contribution in [0.3, 0.4) is 0 Å². The van der Waals surface area contributed by atoms with Crippen LogP contribution in [0.4, 0.5) is 37.0 Å². The molecule has 29 nitrogen and oxygen atoms in total. The Hall–Kier alpha value is -12.4. The fourth-order valence-electron chi connectivity index (χ4n) is 8.40. The van der Waals surface area contributed by atoms with E-state index in [1.165, 1.54) is 44.6 Å². The van der Waals surface area contributed by atoms with Crippen molar-refractivity contribution in [1.29, 1.82) is 0 Å². The van der Waals surface area contributed by atoms with E-state index in [1.807, 2.05) is 42.6 Å². The van der Waals surface area contributed by atoms with E-state index in [2.05, 4.69) is 106 Å². The molecule has 4 amide bonds. The third-order valence-corrected chi connectivity index (χ3v) is 16.9. The minimum atomic E-state index is -4.58. The van der Waals surface area contributed by atoms with Crippen LogP contribution in [0.1, 0.15) is 80.3 Å². The summed E-state index contributed by atoms with van der Waals surface area (Å²) in [5.74, 6) is 2.86. The number of ether oxygens (including phenoxy) is 2. The number of benzene rings is 1. The number of anilines is 4. The number of nitrogens with one attached hydrogen (secondary N) is 4. The van der Waals surface area contributed by atoms with E-state index >= 15 is 0 Å². The Morgan fingerprint density at radius 3 is 1.19 bits per heavy atom. The maximum Gasteiger partial charge on any atom is 0.433 e. The second-order valence-corrected chi connectivity index (χ2v) is 24.8. The van der Waals surface area contributed by atoms with Crippen molar-refractivity contribution in [3.8, 4) is 57.6 Å². The quantitative estimate of drug-likeness (QED) is 0.0740. The lowest BCUT2D eigenvalue weighted by atomic mass is 10.1. The molecule has 0 unspecified atom stereocenters. The van der Waals surface area contributed by atoms with Crippen LogP contribution in [0.2, 0.25) is 0 Å². The summed E-state index contributed by atoms with van der Waals surface area (Å²) in [6, 6.07) is 32.9. The van der Waals surface area contributed by atoms with Gasteiger partial charge in [0.25, 0.3) is 23.6 Å². The average molecular weight is 1410 g/mol. The maximum atomic E-state index is 12.7. The fraction of sp³-hybridized carbons (Fsp3) is 0.154. The standard InChI is InChI=1S/C18H17N5O3.C17H13F3N6O.C15H13N5O3S2.C15H13N5OS/c1-11-20-16(15-6-4-5-7-19-15)22-18(21-11)23-17(24)12-8-13(25-2)10-14(9-12)26-3;1-9-11(6-7-13(22-9)17(18,19)20)15(27)26-16-24-10(2)23-14(25-16)12-5-3-4-8-21-12;1-9-17-13(10-5-3-4-8-16-10)19-15(18-9)20-14(21)11-6-7-12(24-11)25(2,22)23;1-9-6-8-22-12(9)14(21)20-15-18-10(2)17-13(19-15)11-5-3-4-7-16-11/h4-10H,1-3H3,(H,20,21,22,23,24);3-8H,1-2H3,(H,23,24,25,26,27);3-8H,1-2H3,(H,17,18,19,20,21);3-8H,1-2H3,(H,17,18,19,20,21). The predicted molar refractivity (Wildman–Crippen MR) is 363 cm³/mol. The van der Waals surface area contributed by atoms with Gasteiger partial charge in [-0.1, -0.05) is 24.3 Å². The van der Waals surface area contributed by atoms with Crippen LogP contribution in [-0.2, 0) is 16.0 Å². The van der Waals surface area contributed by atoms with Gasteiger partial charge < -0.3 is 9.47 Å². The number of amides is 4. The Morgan fingerprint density at radius 2 is 0.850 bits per heavy atom. The van der Waals surface area contributed by atoms with Gasteiger partial charge in [-0.25, -0.2) is 33.3 Å². The number of carbonyl (C=O) groups is 4. The fourth-order valence-corrected chi connectivity index (χ4v) is 11.0. The van der Waals surface area contributed by atoms with Gasteiger partial charge in [0.15, 0.2) is 33.1 Å². The monoisotopic (exact) mass is 1410 g/mol. The molecule has 35 heteroatoms. The van der Waals surface area contributed by atoms with E-state index in [-0.39, 0.29) is 61.8 Å². The number of aromatic nitrogens is 17. The van der Waals surface area contributed by atoms with Crippen LogP contribution in [0.15, 0.2) is 156 Å². The molecule has 12 rings (SSSR count). The zero-order chi connectivity index (χ0) is 71.7. The molecule has 11 heterocycles. The lowest BCUT2D eigenvalue weighted by Crippen LogP contribution is -2.18. The number of rotatable bonds is 15. The van der Waals surface area contributed by atoms with E-state index in [1.54, 1.807) is 119 Å². The number of hydrogen-bond acceptors (Lipinski definition) is 27. The molecule has 0 fully saturated rings. The van der Waals surface area contributed by atoms with Crippen LogP contribution in [-0.4, -0.2) is 137 Å². The Kier molecular flexibility index (Phi) is 23.4. The lowest BCUT2D eigenvalue weighted by molar-refractivity contribution is -0.141. The molecule has 0 radical (unpaired) electrons. The van der Waals surface area contributed by atoms with Crippen molar-refractivity contribution in [2.24, 2.45) is 0 Å². The predicted octanol–water partition coefficient (Wildman–Crippen LogP) is 10.6. The van der Waals surface area contributed by atoms with E-state index in [4.69, 9.17) is 9.47 Å². The van der Waals surface area contributed by atoms with Crippen LogP contribution in [0.25, 0.3) is 46.1 Å². The van der Waals surface area contributed by atoms with Crippen molar-refractivity contribution in [1.82, 2.24) is 84.7 Å². The zero-order valence-electron chi connectivity index (χ0n) is 54.2. The SMILES string of the molecule is COc1cc(OC)cc(C(=O)Nc2nc(C)nc(-c3ccccn3)n2)c1.Cc1nc(NC(=O)c2ccc(C(F)(F)F)nc2C)nc(-c2ccccn2)n1.Cc1nc(NC(=O)c2ccc(S(C)(=O)=O)s2)nc(-c2ccccn2)n1.Cc1nc(NC(=O)c2sccc2C)nc(-c2ccccn2)n1. The third kappa shape index (κ3) is 19.9. The van der Waals surface area contributed by atoms with Gasteiger partial charge in [0.1, 0.15) is 67.5 Å². The highest BCUT2D eigenvalue weighted by Gasteiger charge is 2.33. The molecule has 0 bridgehead atoms. The molecule has 12 aromatic rings. The first-order chi connectivity index (χ1) is 47.8. The number of pyridine rings is 5. The summed E-state index contributed by atoms with van der Waals surface area (Å²) in [6.07, 6.45) is 3.02. The molecule has 0 aliphatic carbocycles. The number of nitrogens with zero attached hydrogens (tertiary/aromatic N) is 17. The van der Waals surface area contributed by atoms with Gasteiger partial charge in [0.2, 0.25) is 23.8 Å². The van der Waals surface area contributed by atoms with Crippen molar-refractivity contribution in [3.05, 3.63) is 213 Å². The molecule has 0 aliphatic heterocycles. The van der Waals surface area contributed by atoms with Crippen molar-refractivity contribution >= 4 is 79.9 Å². The number of thiophene rings is 2. The average Bonchev–Trinajstić information content (AvgIpc) is 0.935. The molecule has 0 saturated carbocycles. The van der Waals surface area contributed by atoms with Crippen LogP contribution >= 0.6 is 22.7 Å². The molecule has 4 N–H and O–H groups in total. The van der Waals surface area contributed by atoms with Gasteiger partial charge in [-0.05, 0) is 143 Å². The lowest BCUT2D eigenvalue weighted by Gasteiger charge is -2.10. The van der Waals surface area contributed by atoms with Crippen molar-refractivity contribution < 1.29 is 50.2 Å². The highest BCUT2D eigenvalue weighted by Crippen LogP contribution is 2.29. The molecule has 0 aliphatic rings. The first-order valence-corrected chi connectivity index (χ1v) is 32.8. The smallest absolute Gasteiger partial charge is 0.433 e. The van der Waals surface area contributed by atoms with Gasteiger partial charge in [-0.3, -0.25) is 60.4 Å². The minimum absolute atomic E-state index is 0.0135. The number of alkyl halides is 3. The number of sulfone groups is 1. The van der Waals surface area contributed by atoms with Gasteiger partial charge in [-0.2, -0.15) is 53.0 Å². The molecule has 0 saturated heterocycles. The number of carbonyl (C=O) groups excluding carboxylic acids is 4. The van der Waals surface area contributed by atoms with Crippen LogP contribution in [0, 0.1) is 41.5 Å². The number of methoxy groups -OCH3 is 2. The molecule has 100 heavy (non-hydrogen) atoms. The van der Waals surface area contributed by atoms with Gasteiger partial charge >= 0.3 is 6.18 Å². The van der Waals surface area contributed by atoms with Crippen LogP contribution in [0.5, 0.6) is 11.5 Å². The molecule has 508 valence electrons. The topological polar surface area (TPSA) is 388 Å². The van der Waals surface area contributed by atoms with Gasteiger partial charge in [0.05, 0.1) is 35.2 Å². The molecule has 1 aromatic carbocycles. The molecule has 0 atom stereocenters. The Balaban J connectivity index is 0.000000156. The summed E-state index contributed by atoms with van der Waals surface area (Å²) in [7, 11) is -0.311. The second kappa shape index (κ2) is 32.6. The summed E-state index contributed by atoms with van der Waals surface area (Å²) < 4.78 is 71.6. The highest BCUT2D eigenvalue weighted by molar-refractivity contribution is 7.92. The molecular weight excluding hydrogens is 1360 g/mol. The van der Waals surface area contributed by atoms with Crippen molar-refractivity contribution in [3.63, 3.8) is 0 Å². The van der Waals surface area contributed by atoms with E-state index < -0.39 is 33.5 Å². The molecule has 0 spiro atoms. The highest BCUT2D eigenvalue weighted by atomic mass is 32.2. The number of hydrogen-bond donors (Lipinski definition) is 4. The van der Waals surface area contributed by atoms with Crippen molar-refractivity contribution in [2.45, 2.75) is 51.9 Å². The summed E-state index contributed by atoms with van der Waals surface area (Å²) in [5.41, 5.74) is 2.43. The molecule has 11 aromatic heterocycles. The van der Waals surface area contributed by atoms with Crippen LogP contribution < -0.4 is 30.7 Å². The van der Waals surface area contributed by atoms with E-state index in [0.717, 1.165) is 35.3 Å². The van der Waals surface area contributed by atoms with E-state index in [0.29, 0.717) is 85.5 Å². The first kappa shape index (κ1) is 71.9. The number of halogens is 3. The minimum Gasteiger partial charge on any atom is -0.497 e.